The molecule has 1 heterocycles. The van der Waals surface area contributed by atoms with Crippen molar-refractivity contribution in [3.8, 4) is 5.75 Å². The Morgan fingerprint density at radius 2 is 2.20 bits per heavy atom. The predicted octanol–water partition coefficient (Wildman–Crippen LogP) is 1.70. The molecule has 0 aliphatic carbocycles. The van der Waals surface area contributed by atoms with E-state index in [1.54, 1.807) is 23.9 Å². The average Bonchev–Trinajstić information content (AvgIpc) is 2.55. The lowest BCUT2D eigenvalue weighted by molar-refractivity contribution is 0.112. The number of benzene rings is 1. The van der Waals surface area contributed by atoms with Gasteiger partial charge in [-0.15, -0.1) is 0 Å². The summed E-state index contributed by atoms with van der Waals surface area (Å²) >= 11 is 0. The van der Waals surface area contributed by atoms with Gasteiger partial charge in [0.1, 0.15) is 11.3 Å². The number of hydrogen-bond acceptors (Lipinski definition) is 3. The number of ether oxygens (including phenoxy) is 1. The van der Waals surface area contributed by atoms with Gasteiger partial charge in [0.2, 0.25) is 0 Å². The fourth-order valence-corrected chi connectivity index (χ4v) is 1.70. The number of rotatable bonds is 2. The van der Waals surface area contributed by atoms with Crippen LogP contribution >= 0.6 is 0 Å². The Hall–Kier alpha value is -1.84. The van der Waals surface area contributed by atoms with Crippen molar-refractivity contribution in [1.82, 2.24) is 9.78 Å². The highest BCUT2D eigenvalue weighted by Gasteiger charge is 2.13. The maximum absolute atomic E-state index is 10.9. The van der Waals surface area contributed by atoms with Crippen LogP contribution < -0.4 is 4.74 Å². The van der Waals surface area contributed by atoms with E-state index in [1.807, 2.05) is 14.0 Å². The minimum atomic E-state index is 0.592. The standard InChI is InChI=1S/C11H12N2O2/c1-7-10-9(15-3)5-4-8(6-14)11(10)12-13(7)2/h4-6H,1-3H3. The van der Waals surface area contributed by atoms with E-state index >= 15 is 0 Å². The second kappa shape index (κ2) is 3.38. The van der Waals surface area contributed by atoms with Crippen molar-refractivity contribution in [3.05, 3.63) is 23.4 Å². The van der Waals surface area contributed by atoms with Gasteiger partial charge in [-0.1, -0.05) is 0 Å². The molecule has 0 spiro atoms. The molecular weight excluding hydrogens is 192 g/mol. The lowest BCUT2D eigenvalue weighted by atomic mass is 10.1. The van der Waals surface area contributed by atoms with E-state index < -0.39 is 0 Å². The summed E-state index contributed by atoms with van der Waals surface area (Å²) in [7, 11) is 3.46. The lowest BCUT2D eigenvalue weighted by Crippen LogP contribution is -1.92. The first-order valence-corrected chi connectivity index (χ1v) is 4.64. The van der Waals surface area contributed by atoms with E-state index in [0.29, 0.717) is 11.1 Å². The fourth-order valence-electron chi connectivity index (χ4n) is 1.70. The summed E-state index contributed by atoms with van der Waals surface area (Å²) in [4.78, 5) is 10.9. The number of hydrogen-bond donors (Lipinski definition) is 0. The van der Waals surface area contributed by atoms with Gasteiger partial charge in [-0.2, -0.15) is 5.10 Å². The number of aromatic nitrogens is 2. The second-order valence-electron chi connectivity index (χ2n) is 3.41. The van der Waals surface area contributed by atoms with Crippen molar-refractivity contribution >= 4 is 17.2 Å². The maximum atomic E-state index is 10.9. The average molecular weight is 204 g/mol. The number of carbonyl (C=O) groups is 1. The van der Waals surface area contributed by atoms with Gasteiger partial charge in [-0.3, -0.25) is 9.48 Å². The summed E-state index contributed by atoms with van der Waals surface area (Å²) in [6, 6.07) is 3.52. The van der Waals surface area contributed by atoms with Crippen molar-refractivity contribution < 1.29 is 9.53 Å². The van der Waals surface area contributed by atoms with Crippen LogP contribution in [-0.2, 0) is 7.05 Å². The van der Waals surface area contributed by atoms with E-state index in [4.69, 9.17) is 4.74 Å². The van der Waals surface area contributed by atoms with Crippen LogP contribution in [0.2, 0.25) is 0 Å². The molecule has 0 unspecified atom stereocenters. The Bertz CT molecular complexity index is 529. The quantitative estimate of drug-likeness (QED) is 0.699. The second-order valence-corrected chi connectivity index (χ2v) is 3.41. The Labute approximate surface area is 87.5 Å². The normalized spacial score (nSPS) is 10.6. The molecule has 15 heavy (non-hydrogen) atoms. The molecule has 0 aliphatic heterocycles. The highest BCUT2D eigenvalue weighted by molar-refractivity contribution is 5.99. The molecule has 2 rings (SSSR count). The summed E-state index contributed by atoms with van der Waals surface area (Å²) in [5.74, 6) is 0.751. The zero-order valence-corrected chi connectivity index (χ0v) is 8.94. The molecule has 2 aromatic rings. The molecule has 0 bridgehead atoms. The van der Waals surface area contributed by atoms with Crippen LogP contribution in [0.1, 0.15) is 16.1 Å². The third kappa shape index (κ3) is 1.29. The van der Waals surface area contributed by atoms with Crippen LogP contribution in [0.25, 0.3) is 10.9 Å². The van der Waals surface area contributed by atoms with E-state index in [0.717, 1.165) is 23.1 Å². The van der Waals surface area contributed by atoms with Gasteiger partial charge in [-0.05, 0) is 19.1 Å². The predicted molar refractivity (Wildman–Crippen MR) is 57.4 cm³/mol. The first kappa shape index (κ1) is 9.71. The first-order valence-electron chi connectivity index (χ1n) is 4.64. The largest absolute Gasteiger partial charge is 0.496 e. The van der Waals surface area contributed by atoms with Gasteiger partial charge >= 0.3 is 0 Å². The number of aryl methyl sites for hydroxylation is 2. The smallest absolute Gasteiger partial charge is 0.152 e. The molecule has 0 atom stereocenters. The van der Waals surface area contributed by atoms with Crippen molar-refractivity contribution in [3.63, 3.8) is 0 Å². The highest BCUT2D eigenvalue weighted by atomic mass is 16.5. The van der Waals surface area contributed by atoms with Gasteiger partial charge in [-0.25, -0.2) is 0 Å². The van der Waals surface area contributed by atoms with Crippen LogP contribution in [-0.4, -0.2) is 23.2 Å². The van der Waals surface area contributed by atoms with Crippen LogP contribution in [0.5, 0.6) is 5.75 Å². The highest BCUT2D eigenvalue weighted by Crippen LogP contribution is 2.29. The molecule has 1 aromatic carbocycles. The number of aldehydes is 1. The minimum Gasteiger partial charge on any atom is -0.496 e. The first-order chi connectivity index (χ1) is 7.19. The fraction of sp³-hybridized carbons (Fsp3) is 0.273. The summed E-state index contributed by atoms with van der Waals surface area (Å²) in [6.07, 6.45) is 0.814. The summed E-state index contributed by atoms with van der Waals surface area (Å²) in [5, 5.41) is 5.20. The van der Waals surface area contributed by atoms with Crippen LogP contribution in [0, 0.1) is 6.92 Å². The molecule has 0 saturated carbocycles. The minimum absolute atomic E-state index is 0.592. The van der Waals surface area contributed by atoms with Crippen LogP contribution in [0.3, 0.4) is 0 Å². The SMILES string of the molecule is COc1ccc(C=O)c2nn(C)c(C)c12. The third-order valence-electron chi connectivity index (χ3n) is 2.62. The number of fused-ring (bicyclic) bond motifs is 1. The monoisotopic (exact) mass is 204 g/mol. The van der Waals surface area contributed by atoms with Crippen molar-refractivity contribution in [2.75, 3.05) is 7.11 Å². The molecule has 0 N–H and O–H groups in total. The Morgan fingerprint density at radius 3 is 2.80 bits per heavy atom. The van der Waals surface area contributed by atoms with Crippen molar-refractivity contribution in [2.24, 2.45) is 7.05 Å². The van der Waals surface area contributed by atoms with E-state index in [1.165, 1.54) is 0 Å². The Morgan fingerprint density at radius 1 is 1.47 bits per heavy atom. The van der Waals surface area contributed by atoms with E-state index in [-0.39, 0.29) is 0 Å². The van der Waals surface area contributed by atoms with E-state index in [9.17, 15) is 4.79 Å². The van der Waals surface area contributed by atoms with Gasteiger partial charge < -0.3 is 4.74 Å². The summed E-state index contributed by atoms with van der Waals surface area (Å²) in [6.45, 7) is 1.95. The zero-order valence-electron chi connectivity index (χ0n) is 8.94. The molecule has 0 radical (unpaired) electrons. The Balaban J connectivity index is 2.92. The molecule has 0 amide bonds. The summed E-state index contributed by atoms with van der Waals surface area (Å²) < 4.78 is 7.00. The molecule has 78 valence electrons. The van der Waals surface area contributed by atoms with Crippen LogP contribution in [0.15, 0.2) is 12.1 Å². The zero-order chi connectivity index (χ0) is 11.0. The van der Waals surface area contributed by atoms with Gasteiger partial charge in [0, 0.05) is 18.3 Å². The molecule has 1 aromatic heterocycles. The molecule has 0 saturated heterocycles. The summed E-state index contributed by atoms with van der Waals surface area (Å²) in [5.41, 5.74) is 2.28. The number of nitrogens with zero attached hydrogens (tertiary/aromatic N) is 2. The number of carbonyl (C=O) groups excluding carboxylic acids is 1. The lowest BCUT2D eigenvalue weighted by Gasteiger charge is -2.02. The van der Waals surface area contributed by atoms with Crippen molar-refractivity contribution in [2.45, 2.75) is 6.92 Å². The molecule has 0 fully saturated rings. The van der Waals surface area contributed by atoms with Gasteiger partial charge in [0.05, 0.1) is 12.5 Å². The van der Waals surface area contributed by atoms with Crippen LogP contribution in [0.4, 0.5) is 0 Å². The van der Waals surface area contributed by atoms with Crippen molar-refractivity contribution in [1.29, 1.82) is 0 Å². The third-order valence-corrected chi connectivity index (χ3v) is 2.62. The molecular formula is C11H12N2O2. The molecule has 0 aliphatic rings. The van der Waals surface area contributed by atoms with Gasteiger partial charge in [0.15, 0.2) is 6.29 Å². The number of methoxy groups -OCH3 is 1. The van der Waals surface area contributed by atoms with E-state index in [2.05, 4.69) is 5.10 Å². The van der Waals surface area contributed by atoms with Gasteiger partial charge in [0.25, 0.3) is 0 Å². The topological polar surface area (TPSA) is 44.1 Å². The molecule has 4 heteroatoms. The maximum Gasteiger partial charge on any atom is 0.152 e. The Kier molecular flexibility index (Phi) is 2.19. The molecule has 4 nitrogen and oxygen atoms in total.